The van der Waals surface area contributed by atoms with Gasteiger partial charge in [-0.3, -0.25) is 5.10 Å². The quantitative estimate of drug-likeness (QED) is 0.741. The van der Waals surface area contributed by atoms with Gasteiger partial charge < -0.3 is 10.1 Å². The molecule has 0 saturated heterocycles. The van der Waals surface area contributed by atoms with E-state index in [1.165, 1.54) is 0 Å². The lowest BCUT2D eigenvalue weighted by molar-refractivity contribution is 0.297. The molecule has 6 nitrogen and oxygen atoms in total. The normalized spacial score (nSPS) is 10.8. The van der Waals surface area contributed by atoms with Crippen LogP contribution in [0.2, 0.25) is 0 Å². The molecule has 0 spiro atoms. The highest BCUT2D eigenvalue weighted by atomic mass is 79.9. The van der Waals surface area contributed by atoms with Crippen molar-refractivity contribution in [3.63, 3.8) is 0 Å². The van der Waals surface area contributed by atoms with Crippen LogP contribution in [0.15, 0.2) is 34.9 Å². The number of fused-ring (bicyclic) bond motifs is 1. The molecule has 2 heterocycles. The topological polar surface area (TPSA) is 75.7 Å². The van der Waals surface area contributed by atoms with Crippen molar-refractivity contribution < 1.29 is 4.74 Å². The van der Waals surface area contributed by atoms with E-state index in [4.69, 9.17) is 4.74 Å². The third-order valence-electron chi connectivity index (χ3n) is 2.93. The molecule has 3 aromatic rings. The molecule has 2 aromatic heterocycles. The maximum Gasteiger partial charge on any atom is 0.229 e. The minimum Gasteiger partial charge on any atom is -0.472 e. The molecule has 2 N–H and O–H groups in total. The second kappa shape index (κ2) is 6.09. The van der Waals surface area contributed by atoms with Crippen LogP contribution in [0.4, 0.5) is 5.95 Å². The summed E-state index contributed by atoms with van der Waals surface area (Å²) in [7, 11) is 0. The molecule has 0 saturated carbocycles. The number of benzene rings is 1. The van der Waals surface area contributed by atoms with E-state index in [2.05, 4.69) is 41.4 Å². The van der Waals surface area contributed by atoms with E-state index < -0.39 is 0 Å². The number of nitrogens with zero attached hydrogens (tertiary/aromatic N) is 3. The van der Waals surface area contributed by atoms with Gasteiger partial charge in [-0.15, -0.1) is 0 Å². The summed E-state index contributed by atoms with van der Waals surface area (Å²) in [5.41, 5.74) is 1.71. The number of aromatic amines is 1. The lowest BCUT2D eigenvalue weighted by Gasteiger charge is -2.09. The fraction of sp³-hybridized carbons (Fsp3) is 0.214. The van der Waals surface area contributed by atoms with Crippen molar-refractivity contribution in [3.8, 4) is 5.88 Å². The van der Waals surface area contributed by atoms with Crippen molar-refractivity contribution in [2.45, 2.75) is 13.5 Å². The molecule has 0 aliphatic carbocycles. The van der Waals surface area contributed by atoms with Crippen molar-refractivity contribution >= 4 is 32.9 Å². The lowest BCUT2D eigenvalue weighted by Crippen LogP contribution is -2.05. The van der Waals surface area contributed by atoms with E-state index in [0.717, 1.165) is 22.0 Å². The number of ether oxygens (including phenoxy) is 1. The molecule has 3 rings (SSSR count). The van der Waals surface area contributed by atoms with Crippen LogP contribution in [-0.2, 0) is 6.61 Å². The fourth-order valence-electron chi connectivity index (χ4n) is 1.92. The maximum atomic E-state index is 5.85. The Kier molecular flexibility index (Phi) is 4.01. The highest BCUT2D eigenvalue weighted by Crippen LogP contribution is 2.24. The van der Waals surface area contributed by atoms with Gasteiger partial charge in [-0.25, -0.2) is 0 Å². The van der Waals surface area contributed by atoms with E-state index in [1.54, 1.807) is 6.20 Å². The summed E-state index contributed by atoms with van der Waals surface area (Å²) in [4.78, 5) is 8.72. The Balaban J connectivity index is 1.89. The third kappa shape index (κ3) is 2.97. The van der Waals surface area contributed by atoms with Gasteiger partial charge in [0.25, 0.3) is 0 Å². The number of hydrogen-bond acceptors (Lipinski definition) is 5. The van der Waals surface area contributed by atoms with Gasteiger partial charge in [0.05, 0.1) is 6.20 Å². The summed E-state index contributed by atoms with van der Waals surface area (Å²) in [6, 6.07) is 7.93. The highest BCUT2D eigenvalue weighted by molar-refractivity contribution is 9.10. The van der Waals surface area contributed by atoms with Crippen LogP contribution in [0, 0.1) is 0 Å². The standard InChI is InChI=1S/C14H14BrN5O/c1-2-16-14-18-12-10(7-17-20-12)13(19-14)21-8-9-5-3-4-6-11(9)15/h3-7H,2,8H2,1H3,(H2,16,17,18,19,20). The molecule has 0 bridgehead atoms. The SMILES string of the molecule is CCNc1nc(OCc2ccccc2Br)c2cn[nH]c2n1. The number of rotatable bonds is 5. The third-order valence-corrected chi connectivity index (χ3v) is 3.71. The number of nitrogens with one attached hydrogen (secondary N) is 2. The summed E-state index contributed by atoms with van der Waals surface area (Å²) >= 11 is 3.51. The Morgan fingerprint density at radius 2 is 2.14 bits per heavy atom. The first-order chi connectivity index (χ1) is 10.3. The smallest absolute Gasteiger partial charge is 0.229 e. The maximum absolute atomic E-state index is 5.85. The number of hydrogen-bond donors (Lipinski definition) is 2. The van der Waals surface area contributed by atoms with Gasteiger partial charge >= 0.3 is 0 Å². The molecule has 0 fully saturated rings. The number of H-pyrrole nitrogens is 1. The van der Waals surface area contributed by atoms with Crippen molar-refractivity contribution in [2.24, 2.45) is 0 Å². The Morgan fingerprint density at radius 1 is 1.29 bits per heavy atom. The Hall–Kier alpha value is -2.15. The largest absolute Gasteiger partial charge is 0.472 e. The molecule has 0 atom stereocenters. The van der Waals surface area contributed by atoms with Gasteiger partial charge in [0.2, 0.25) is 11.8 Å². The summed E-state index contributed by atoms with van der Waals surface area (Å²) in [6.07, 6.45) is 1.67. The van der Waals surface area contributed by atoms with Crippen LogP contribution in [0.5, 0.6) is 5.88 Å². The average Bonchev–Trinajstić information content (AvgIpc) is 2.95. The molecule has 0 aliphatic heterocycles. The monoisotopic (exact) mass is 347 g/mol. The van der Waals surface area contributed by atoms with Gasteiger partial charge in [0.15, 0.2) is 5.65 Å². The van der Waals surface area contributed by atoms with E-state index in [0.29, 0.717) is 24.1 Å². The van der Waals surface area contributed by atoms with Crippen molar-refractivity contribution in [2.75, 3.05) is 11.9 Å². The van der Waals surface area contributed by atoms with Crippen LogP contribution in [0.1, 0.15) is 12.5 Å². The summed E-state index contributed by atoms with van der Waals surface area (Å²) < 4.78 is 6.86. The first-order valence-corrected chi connectivity index (χ1v) is 7.38. The molecular formula is C14H14BrN5O. The molecule has 7 heteroatoms. The van der Waals surface area contributed by atoms with Gasteiger partial charge in [0.1, 0.15) is 12.0 Å². The molecule has 108 valence electrons. The number of halogens is 1. The zero-order chi connectivity index (χ0) is 14.7. The van der Waals surface area contributed by atoms with Gasteiger partial charge in [0, 0.05) is 16.6 Å². The van der Waals surface area contributed by atoms with Crippen molar-refractivity contribution in [3.05, 3.63) is 40.5 Å². The molecular weight excluding hydrogens is 334 g/mol. The predicted molar refractivity (Wildman–Crippen MR) is 84.3 cm³/mol. The van der Waals surface area contributed by atoms with Crippen LogP contribution < -0.4 is 10.1 Å². The molecule has 21 heavy (non-hydrogen) atoms. The van der Waals surface area contributed by atoms with E-state index in [9.17, 15) is 0 Å². The zero-order valence-corrected chi connectivity index (χ0v) is 13.0. The summed E-state index contributed by atoms with van der Waals surface area (Å²) in [6.45, 7) is 3.15. The minimum atomic E-state index is 0.421. The Morgan fingerprint density at radius 3 is 2.95 bits per heavy atom. The van der Waals surface area contributed by atoms with Gasteiger partial charge in [-0.05, 0) is 13.0 Å². The fourth-order valence-corrected chi connectivity index (χ4v) is 2.32. The Labute approximate surface area is 130 Å². The van der Waals surface area contributed by atoms with E-state index in [-0.39, 0.29) is 0 Å². The minimum absolute atomic E-state index is 0.421. The van der Waals surface area contributed by atoms with Crippen LogP contribution in [0.25, 0.3) is 11.0 Å². The van der Waals surface area contributed by atoms with E-state index >= 15 is 0 Å². The number of anilines is 1. The highest BCUT2D eigenvalue weighted by Gasteiger charge is 2.11. The number of aromatic nitrogens is 4. The summed E-state index contributed by atoms with van der Waals surface area (Å²) in [5, 5.41) is 10.7. The lowest BCUT2D eigenvalue weighted by atomic mass is 10.2. The molecule has 0 amide bonds. The average molecular weight is 348 g/mol. The van der Waals surface area contributed by atoms with E-state index in [1.807, 2.05) is 31.2 Å². The first kappa shape index (κ1) is 13.8. The zero-order valence-electron chi connectivity index (χ0n) is 11.4. The van der Waals surface area contributed by atoms with Crippen LogP contribution in [0.3, 0.4) is 0 Å². The second-order valence-corrected chi connectivity index (χ2v) is 5.25. The first-order valence-electron chi connectivity index (χ1n) is 6.59. The molecule has 0 aliphatic rings. The molecule has 0 unspecified atom stereocenters. The predicted octanol–water partition coefficient (Wildman–Crippen LogP) is 3.13. The molecule has 1 aromatic carbocycles. The van der Waals surface area contributed by atoms with Crippen molar-refractivity contribution in [1.82, 2.24) is 20.2 Å². The van der Waals surface area contributed by atoms with Gasteiger partial charge in [-0.2, -0.15) is 15.1 Å². The van der Waals surface area contributed by atoms with Crippen LogP contribution >= 0.6 is 15.9 Å². The van der Waals surface area contributed by atoms with Crippen molar-refractivity contribution in [1.29, 1.82) is 0 Å². The second-order valence-electron chi connectivity index (χ2n) is 4.40. The molecule has 0 radical (unpaired) electrons. The summed E-state index contributed by atoms with van der Waals surface area (Å²) in [5.74, 6) is 1.04. The van der Waals surface area contributed by atoms with Crippen LogP contribution in [-0.4, -0.2) is 26.7 Å². The van der Waals surface area contributed by atoms with Gasteiger partial charge in [-0.1, -0.05) is 34.1 Å². The Bertz CT molecular complexity index is 758.